The van der Waals surface area contributed by atoms with Crippen molar-refractivity contribution in [2.24, 2.45) is 0 Å². The van der Waals surface area contributed by atoms with Crippen molar-refractivity contribution in [1.82, 2.24) is 9.71 Å². The summed E-state index contributed by atoms with van der Waals surface area (Å²) in [5.41, 5.74) is -0.0589. The number of aromatic nitrogens is 1. The van der Waals surface area contributed by atoms with Crippen LogP contribution in [0.2, 0.25) is 4.47 Å². The predicted octanol–water partition coefficient (Wildman–Crippen LogP) is 1.51. The topological polar surface area (TPSA) is 105 Å². The first-order chi connectivity index (χ1) is 9.76. The molecule has 0 radical (unpaired) electrons. The van der Waals surface area contributed by atoms with E-state index in [0.717, 1.165) is 17.5 Å². The highest BCUT2D eigenvalue weighted by molar-refractivity contribution is 7.95. The number of rotatable bonds is 5. The Morgan fingerprint density at radius 3 is 2.38 bits per heavy atom. The summed E-state index contributed by atoms with van der Waals surface area (Å²) in [7, 11) is -6.51. The molecule has 0 bridgehead atoms. The number of halogens is 1. The van der Waals surface area contributed by atoms with Crippen LogP contribution in [-0.4, -0.2) is 28.9 Å². The normalized spacial score (nSPS) is 12.3. The van der Waals surface area contributed by atoms with Crippen molar-refractivity contribution < 1.29 is 16.8 Å². The first-order valence-corrected chi connectivity index (χ1v) is 9.59. The van der Waals surface area contributed by atoms with Crippen LogP contribution < -0.4 is 9.44 Å². The van der Waals surface area contributed by atoms with Gasteiger partial charge in [-0.3, -0.25) is 4.72 Å². The van der Waals surface area contributed by atoms with Gasteiger partial charge in [0, 0.05) is 0 Å². The zero-order valence-corrected chi connectivity index (χ0v) is 13.8. The molecular formula is C10H10ClN3O4S3. The lowest BCUT2D eigenvalue weighted by atomic mass is 10.3. The van der Waals surface area contributed by atoms with Crippen molar-refractivity contribution >= 4 is 48.7 Å². The summed E-state index contributed by atoms with van der Waals surface area (Å²) in [6.45, 7) is 0. The number of para-hydroxylation sites is 1. The fourth-order valence-corrected chi connectivity index (χ4v) is 4.78. The van der Waals surface area contributed by atoms with E-state index in [4.69, 9.17) is 11.6 Å². The molecule has 0 aliphatic rings. The minimum absolute atomic E-state index is 0.0589. The Bertz CT molecular complexity index is 861. The quantitative estimate of drug-likeness (QED) is 0.833. The van der Waals surface area contributed by atoms with E-state index in [2.05, 4.69) is 14.4 Å². The molecule has 11 heteroatoms. The molecule has 0 aliphatic heterocycles. The van der Waals surface area contributed by atoms with Crippen LogP contribution >= 0.6 is 22.9 Å². The summed E-state index contributed by atoms with van der Waals surface area (Å²) in [5.74, 6) is 0. The first kappa shape index (κ1) is 16.2. The highest BCUT2D eigenvalue weighted by atomic mass is 35.5. The molecule has 2 N–H and O–H groups in total. The van der Waals surface area contributed by atoms with Gasteiger partial charge in [0.15, 0.2) is 8.68 Å². The molecule has 21 heavy (non-hydrogen) atoms. The van der Waals surface area contributed by atoms with Crippen LogP contribution in [0, 0.1) is 0 Å². The number of thiazole rings is 1. The average Bonchev–Trinajstić information content (AvgIpc) is 2.86. The fourth-order valence-electron chi connectivity index (χ4n) is 1.45. The van der Waals surface area contributed by atoms with Crippen LogP contribution in [0.15, 0.2) is 39.6 Å². The third-order valence-corrected chi connectivity index (χ3v) is 6.82. The van der Waals surface area contributed by atoms with E-state index < -0.39 is 20.0 Å². The van der Waals surface area contributed by atoms with Crippen molar-refractivity contribution in [3.8, 4) is 0 Å². The second kappa shape index (κ2) is 5.89. The van der Waals surface area contributed by atoms with Gasteiger partial charge in [-0.15, -0.1) is 0 Å². The molecule has 0 atom stereocenters. The maximum Gasteiger partial charge on any atom is 0.273 e. The van der Waals surface area contributed by atoms with Gasteiger partial charge in [0.05, 0.1) is 11.9 Å². The van der Waals surface area contributed by atoms with Gasteiger partial charge in [0.25, 0.3) is 10.0 Å². The van der Waals surface area contributed by atoms with Gasteiger partial charge in [-0.05, 0) is 19.2 Å². The second-order valence-corrected chi connectivity index (χ2v) is 9.12. The van der Waals surface area contributed by atoms with Crippen LogP contribution in [0.25, 0.3) is 0 Å². The van der Waals surface area contributed by atoms with E-state index in [0.29, 0.717) is 0 Å². The summed E-state index contributed by atoms with van der Waals surface area (Å²) in [4.78, 5) is 3.47. The monoisotopic (exact) mass is 367 g/mol. The Morgan fingerprint density at radius 1 is 1.14 bits per heavy atom. The summed E-state index contributed by atoms with van der Waals surface area (Å²) in [5, 5.41) is 0. The molecule has 2 rings (SSSR count). The Labute approximate surface area is 131 Å². The number of hydrogen-bond donors (Lipinski definition) is 2. The van der Waals surface area contributed by atoms with Crippen LogP contribution in [0.3, 0.4) is 0 Å². The van der Waals surface area contributed by atoms with E-state index in [1.54, 1.807) is 0 Å². The van der Waals surface area contributed by atoms with Gasteiger partial charge in [-0.2, -0.15) is 0 Å². The molecule has 0 spiro atoms. The van der Waals surface area contributed by atoms with E-state index in [9.17, 15) is 16.8 Å². The minimum Gasteiger partial charge on any atom is -0.278 e. The maximum absolute atomic E-state index is 12.2. The smallest absolute Gasteiger partial charge is 0.273 e. The average molecular weight is 368 g/mol. The zero-order chi connectivity index (χ0) is 15.7. The third kappa shape index (κ3) is 3.52. The van der Waals surface area contributed by atoms with E-state index in [1.165, 1.54) is 31.3 Å². The zero-order valence-electron chi connectivity index (χ0n) is 10.6. The van der Waals surface area contributed by atoms with Crippen molar-refractivity contribution in [1.29, 1.82) is 0 Å². The van der Waals surface area contributed by atoms with Crippen molar-refractivity contribution in [2.45, 2.75) is 9.10 Å². The summed E-state index contributed by atoms with van der Waals surface area (Å²) >= 11 is 6.38. The molecule has 0 aliphatic carbocycles. The van der Waals surface area contributed by atoms with E-state index >= 15 is 0 Å². The lowest BCUT2D eigenvalue weighted by molar-refractivity contribution is 0.588. The largest absolute Gasteiger partial charge is 0.278 e. The van der Waals surface area contributed by atoms with Gasteiger partial charge in [-0.1, -0.05) is 35.1 Å². The first-order valence-electron chi connectivity index (χ1n) is 5.43. The van der Waals surface area contributed by atoms with Gasteiger partial charge in [0.2, 0.25) is 10.0 Å². The van der Waals surface area contributed by atoms with Crippen molar-refractivity contribution in [2.75, 3.05) is 11.8 Å². The Balaban J connectivity index is 2.46. The minimum atomic E-state index is -3.95. The number of benzene rings is 1. The number of hydrogen-bond acceptors (Lipinski definition) is 6. The Kier molecular flexibility index (Phi) is 4.54. The van der Waals surface area contributed by atoms with Crippen molar-refractivity contribution in [3.05, 3.63) is 34.9 Å². The van der Waals surface area contributed by atoms with Gasteiger partial charge >= 0.3 is 0 Å². The molecule has 0 unspecified atom stereocenters. The van der Waals surface area contributed by atoms with E-state index in [1.807, 2.05) is 0 Å². The number of nitrogens with one attached hydrogen (secondary N) is 2. The Morgan fingerprint density at radius 2 is 1.81 bits per heavy atom. The molecule has 7 nitrogen and oxygen atoms in total. The Hall–Kier alpha value is -1.20. The third-order valence-electron chi connectivity index (χ3n) is 2.41. The van der Waals surface area contributed by atoms with Crippen LogP contribution in [0.1, 0.15) is 0 Å². The molecule has 114 valence electrons. The molecule has 0 saturated carbocycles. The van der Waals surface area contributed by atoms with E-state index in [-0.39, 0.29) is 19.3 Å². The highest BCUT2D eigenvalue weighted by Crippen LogP contribution is 2.27. The summed E-state index contributed by atoms with van der Waals surface area (Å²) in [6, 6.07) is 5.66. The molecule has 1 aromatic carbocycles. The van der Waals surface area contributed by atoms with Gasteiger partial charge in [0.1, 0.15) is 4.90 Å². The maximum atomic E-state index is 12.2. The van der Waals surface area contributed by atoms with Crippen LogP contribution in [0.5, 0.6) is 0 Å². The highest BCUT2D eigenvalue weighted by Gasteiger charge is 2.22. The number of nitrogens with zero attached hydrogens (tertiary/aromatic N) is 1. The second-order valence-electron chi connectivity index (χ2n) is 3.74. The molecule has 2 aromatic rings. The molecule has 0 saturated heterocycles. The lowest BCUT2D eigenvalue weighted by Crippen LogP contribution is -2.21. The molecule has 1 heterocycles. The fraction of sp³-hybridized carbons (Fsp3) is 0.100. The molecular weight excluding hydrogens is 358 g/mol. The SMILES string of the molecule is CNS(=O)(=O)c1ccccc1NS(=O)(=O)c1cnc(Cl)s1. The molecule has 0 fully saturated rings. The summed E-state index contributed by atoms with van der Waals surface area (Å²) in [6.07, 6.45) is 1.10. The lowest BCUT2D eigenvalue weighted by Gasteiger charge is -2.11. The van der Waals surface area contributed by atoms with Crippen molar-refractivity contribution in [3.63, 3.8) is 0 Å². The standard InChI is InChI=1S/C10H10ClN3O4S3/c1-12-20(15,16)8-5-3-2-4-7(8)14-21(17,18)9-6-13-10(11)19-9/h2-6,12,14H,1H3. The van der Waals surface area contributed by atoms with Gasteiger partial charge < -0.3 is 0 Å². The number of sulfonamides is 2. The molecule has 0 amide bonds. The van der Waals surface area contributed by atoms with Crippen LogP contribution in [0.4, 0.5) is 5.69 Å². The van der Waals surface area contributed by atoms with Gasteiger partial charge in [-0.25, -0.2) is 26.5 Å². The summed E-state index contributed by atoms with van der Waals surface area (Å²) < 4.78 is 52.4. The molecule has 1 aromatic heterocycles. The predicted molar refractivity (Wildman–Crippen MR) is 80.6 cm³/mol. The number of anilines is 1. The van der Waals surface area contributed by atoms with Crippen LogP contribution in [-0.2, 0) is 20.0 Å².